The highest BCUT2D eigenvalue weighted by molar-refractivity contribution is 5.91. The highest BCUT2D eigenvalue weighted by atomic mass is 16.5. The third-order valence-electron chi connectivity index (χ3n) is 2.56. The number of aromatic hydroxyl groups is 1. The van der Waals surface area contributed by atoms with Crippen molar-refractivity contribution in [2.75, 3.05) is 7.11 Å². The fourth-order valence-electron chi connectivity index (χ4n) is 1.52. The number of hydrogen-bond donors (Lipinski definition) is 2. The fourth-order valence-corrected chi connectivity index (χ4v) is 1.52. The molecule has 0 saturated carbocycles. The van der Waals surface area contributed by atoms with Gasteiger partial charge in [0.1, 0.15) is 17.1 Å². The van der Waals surface area contributed by atoms with Gasteiger partial charge in [0.05, 0.1) is 18.5 Å². The summed E-state index contributed by atoms with van der Waals surface area (Å²) in [4.78, 5) is 10.9. The van der Waals surface area contributed by atoms with Gasteiger partial charge in [0.25, 0.3) is 0 Å². The largest absolute Gasteiger partial charge is 0.507 e. The molecule has 0 aliphatic carbocycles. The molecule has 2 N–H and O–H groups in total. The lowest BCUT2D eigenvalue weighted by Crippen LogP contribution is -1.95. The van der Waals surface area contributed by atoms with Gasteiger partial charge < -0.3 is 14.9 Å². The van der Waals surface area contributed by atoms with Crippen LogP contribution in [0.15, 0.2) is 52.7 Å². The van der Waals surface area contributed by atoms with Crippen LogP contribution in [0.25, 0.3) is 0 Å². The second kappa shape index (κ2) is 5.83. The van der Waals surface area contributed by atoms with Crippen molar-refractivity contribution < 1.29 is 19.7 Å². The molecule has 102 valence electrons. The number of methoxy groups -OCH3 is 1. The van der Waals surface area contributed by atoms with Crippen molar-refractivity contribution in [1.82, 2.24) is 0 Å². The minimum Gasteiger partial charge on any atom is -0.507 e. The summed E-state index contributed by atoms with van der Waals surface area (Å²) in [5.74, 6) is -0.813. The molecule has 2 aromatic rings. The molecule has 0 aromatic heterocycles. The van der Waals surface area contributed by atoms with E-state index in [9.17, 15) is 9.90 Å². The van der Waals surface area contributed by atoms with E-state index in [0.717, 1.165) is 0 Å². The van der Waals surface area contributed by atoms with E-state index in [2.05, 4.69) is 10.2 Å². The van der Waals surface area contributed by atoms with E-state index in [1.807, 2.05) is 0 Å². The van der Waals surface area contributed by atoms with E-state index in [1.165, 1.54) is 18.2 Å². The molecular weight excluding hydrogens is 260 g/mol. The van der Waals surface area contributed by atoms with Crippen LogP contribution < -0.4 is 4.74 Å². The summed E-state index contributed by atoms with van der Waals surface area (Å²) in [5.41, 5.74) is 0.739. The van der Waals surface area contributed by atoms with E-state index in [0.29, 0.717) is 17.1 Å². The Kier molecular flexibility index (Phi) is 3.95. The van der Waals surface area contributed by atoms with Gasteiger partial charge in [-0.05, 0) is 42.5 Å². The summed E-state index contributed by atoms with van der Waals surface area (Å²) in [6, 6.07) is 10.9. The average molecular weight is 272 g/mol. The number of azo groups is 1. The summed E-state index contributed by atoms with van der Waals surface area (Å²) >= 11 is 0. The lowest BCUT2D eigenvalue weighted by Gasteiger charge is -2.00. The lowest BCUT2D eigenvalue weighted by atomic mass is 10.2. The van der Waals surface area contributed by atoms with Crippen LogP contribution in [-0.2, 0) is 0 Å². The maximum Gasteiger partial charge on any atom is 0.339 e. The molecule has 0 radical (unpaired) electrons. The van der Waals surface area contributed by atoms with Gasteiger partial charge in [-0.25, -0.2) is 4.79 Å². The number of benzene rings is 2. The molecule has 6 heteroatoms. The number of hydrogen-bond acceptors (Lipinski definition) is 5. The van der Waals surface area contributed by atoms with Crippen LogP contribution in [0.3, 0.4) is 0 Å². The first-order valence-electron chi connectivity index (χ1n) is 5.72. The Labute approximate surface area is 115 Å². The molecule has 0 heterocycles. The van der Waals surface area contributed by atoms with Crippen molar-refractivity contribution in [1.29, 1.82) is 0 Å². The smallest absolute Gasteiger partial charge is 0.339 e. The number of carboxylic acid groups (broad SMARTS) is 1. The first kappa shape index (κ1) is 13.5. The molecule has 20 heavy (non-hydrogen) atoms. The van der Waals surface area contributed by atoms with Crippen molar-refractivity contribution in [3.63, 3.8) is 0 Å². The van der Waals surface area contributed by atoms with Gasteiger partial charge in [0.15, 0.2) is 0 Å². The maximum absolute atomic E-state index is 10.9. The number of ether oxygens (including phenoxy) is 1. The van der Waals surface area contributed by atoms with Gasteiger partial charge >= 0.3 is 5.97 Å². The number of aromatic carboxylic acids is 1. The van der Waals surface area contributed by atoms with Crippen molar-refractivity contribution in [2.24, 2.45) is 10.2 Å². The van der Waals surface area contributed by atoms with E-state index in [-0.39, 0.29) is 11.3 Å². The molecule has 0 aliphatic rings. The first-order chi connectivity index (χ1) is 9.60. The minimum absolute atomic E-state index is 0.212. The summed E-state index contributed by atoms with van der Waals surface area (Å²) < 4.78 is 5.02. The highest BCUT2D eigenvalue weighted by Crippen LogP contribution is 2.25. The van der Waals surface area contributed by atoms with E-state index < -0.39 is 5.97 Å². The van der Waals surface area contributed by atoms with Gasteiger partial charge in [0.2, 0.25) is 0 Å². The second-order valence-corrected chi connectivity index (χ2v) is 3.90. The summed E-state index contributed by atoms with van der Waals surface area (Å²) in [7, 11) is 1.57. The van der Waals surface area contributed by atoms with E-state index >= 15 is 0 Å². The molecule has 0 aliphatic heterocycles. The quantitative estimate of drug-likeness (QED) is 0.833. The van der Waals surface area contributed by atoms with Crippen molar-refractivity contribution in [3.05, 3.63) is 48.0 Å². The average Bonchev–Trinajstić information content (AvgIpc) is 2.46. The van der Waals surface area contributed by atoms with Crippen LogP contribution in [0.5, 0.6) is 11.5 Å². The Balaban J connectivity index is 2.22. The second-order valence-electron chi connectivity index (χ2n) is 3.90. The summed E-state index contributed by atoms with van der Waals surface area (Å²) in [6.07, 6.45) is 0. The topological polar surface area (TPSA) is 91.5 Å². The third-order valence-corrected chi connectivity index (χ3v) is 2.56. The standard InChI is InChI=1S/C14H12N2O4/c1-20-11-5-2-9(3-6-11)15-16-10-4-7-13(17)12(8-10)14(18)19/h2-8,17H,1H3,(H,18,19). The molecule has 6 nitrogen and oxygen atoms in total. The van der Waals surface area contributed by atoms with Crippen LogP contribution in [0, 0.1) is 0 Å². The first-order valence-corrected chi connectivity index (χ1v) is 5.72. The van der Waals surface area contributed by atoms with Crippen molar-refractivity contribution in [3.8, 4) is 11.5 Å². The predicted molar refractivity (Wildman–Crippen MR) is 72.2 cm³/mol. The van der Waals surface area contributed by atoms with Crippen LogP contribution in [0.2, 0.25) is 0 Å². The van der Waals surface area contributed by atoms with Gasteiger partial charge in [-0.2, -0.15) is 10.2 Å². The number of carboxylic acids is 1. The maximum atomic E-state index is 10.9. The molecular formula is C14H12N2O4. The zero-order chi connectivity index (χ0) is 14.5. The zero-order valence-corrected chi connectivity index (χ0v) is 10.6. The summed E-state index contributed by atoms with van der Waals surface area (Å²) in [6.45, 7) is 0. The Morgan fingerprint density at radius 1 is 1.05 bits per heavy atom. The van der Waals surface area contributed by atoms with E-state index in [4.69, 9.17) is 9.84 Å². The zero-order valence-electron chi connectivity index (χ0n) is 10.6. The number of carbonyl (C=O) groups is 1. The Morgan fingerprint density at radius 3 is 2.25 bits per heavy atom. The minimum atomic E-state index is -1.22. The molecule has 2 rings (SSSR count). The molecule has 0 unspecified atom stereocenters. The predicted octanol–water partition coefficient (Wildman–Crippen LogP) is 3.51. The SMILES string of the molecule is COc1ccc(N=Nc2ccc(O)c(C(=O)O)c2)cc1. The van der Waals surface area contributed by atoms with Crippen LogP contribution in [0.1, 0.15) is 10.4 Å². The Hall–Kier alpha value is -2.89. The normalized spacial score (nSPS) is 10.7. The van der Waals surface area contributed by atoms with E-state index in [1.54, 1.807) is 31.4 Å². The Bertz CT molecular complexity index is 651. The molecule has 0 bridgehead atoms. The molecule has 0 saturated heterocycles. The van der Waals surface area contributed by atoms with Crippen LogP contribution in [-0.4, -0.2) is 23.3 Å². The van der Waals surface area contributed by atoms with Gasteiger partial charge in [0, 0.05) is 0 Å². The Morgan fingerprint density at radius 2 is 1.65 bits per heavy atom. The monoisotopic (exact) mass is 272 g/mol. The van der Waals surface area contributed by atoms with Gasteiger partial charge in [-0.1, -0.05) is 0 Å². The van der Waals surface area contributed by atoms with Gasteiger partial charge in [-0.15, -0.1) is 0 Å². The third kappa shape index (κ3) is 3.11. The fraction of sp³-hybridized carbons (Fsp3) is 0.0714. The number of phenols is 1. The number of nitrogens with zero attached hydrogens (tertiary/aromatic N) is 2. The van der Waals surface area contributed by atoms with Gasteiger partial charge in [-0.3, -0.25) is 0 Å². The summed E-state index contributed by atoms with van der Waals surface area (Å²) in [5, 5.41) is 26.2. The van der Waals surface area contributed by atoms with Crippen LogP contribution >= 0.6 is 0 Å². The van der Waals surface area contributed by atoms with Crippen molar-refractivity contribution in [2.45, 2.75) is 0 Å². The number of rotatable bonds is 4. The molecule has 0 fully saturated rings. The van der Waals surface area contributed by atoms with Crippen LogP contribution in [0.4, 0.5) is 11.4 Å². The molecule has 0 spiro atoms. The van der Waals surface area contributed by atoms with Crippen molar-refractivity contribution >= 4 is 17.3 Å². The molecule has 2 aromatic carbocycles. The lowest BCUT2D eigenvalue weighted by molar-refractivity contribution is 0.0694. The highest BCUT2D eigenvalue weighted by Gasteiger charge is 2.09. The molecule has 0 atom stereocenters. The molecule has 0 amide bonds.